The Hall–Kier alpha value is -1.75. The number of hydrogen-bond acceptors (Lipinski definition) is 4. The Labute approximate surface area is 108 Å². The second-order valence-electron chi connectivity index (χ2n) is 4.41. The van der Waals surface area contributed by atoms with E-state index in [2.05, 4.69) is 9.97 Å². The molecule has 92 valence electrons. The zero-order chi connectivity index (χ0) is 12.5. The first-order valence-corrected chi connectivity index (χ1v) is 6.67. The third kappa shape index (κ3) is 2.01. The van der Waals surface area contributed by atoms with E-state index >= 15 is 0 Å². The molecule has 0 bridgehead atoms. The number of aliphatic carboxylic acids is 1. The number of aromatic nitrogens is 2. The molecule has 2 aromatic heterocycles. The summed E-state index contributed by atoms with van der Waals surface area (Å²) < 4.78 is 0. The zero-order valence-corrected chi connectivity index (χ0v) is 10.5. The van der Waals surface area contributed by atoms with Crippen molar-refractivity contribution in [3.05, 3.63) is 35.1 Å². The Morgan fingerprint density at radius 1 is 1.50 bits per heavy atom. The summed E-state index contributed by atoms with van der Waals surface area (Å²) in [6.45, 7) is 0. The highest BCUT2D eigenvalue weighted by molar-refractivity contribution is 7.15. The van der Waals surface area contributed by atoms with E-state index in [4.69, 9.17) is 5.11 Å². The topological polar surface area (TPSA) is 63.1 Å². The fraction of sp³-hybridized carbons (Fsp3) is 0.308. The molecule has 0 fully saturated rings. The van der Waals surface area contributed by atoms with Gasteiger partial charge in [-0.1, -0.05) is 0 Å². The molecule has 1 aliphatic carbocycles. The highest BCUT2D eigenvalue weighted by Gasteiger charge is 2.27. The van der Waals surface area contributed by atoms with Gasteiger partial charge in [0.15, 0.2) is 0 Å². The lowest BCUT2D eigenvalue weighted by Gasteiger charge is -2.16. The Bertz CT molecular complexity index is 580. The number of carboxylic acid groups (broad SMARTS) is 1. The fourth-order valence-corrected chi connectivity index (χ4v) is 3.38. The molecule has 0 saturated heterocycles. The lowest BCUT2D eigenvalue weighted by atomic mass is 9.91. The van der Waals surface area contributed by atoms with E-state index in [-0.39, 0.29) is 5.92 Å². The van der Waals surface area contributed by atoms with Gasteiger partial charge in [0.05, 0.1) is 11.6 Å². The minimum atomic E-state index is -0.697. The van der Waals surface area contributed by atoms with Crippen molar-refractivity contribution < 1.29 is 9.90 Å². The van der Waals surface area contributed by atoms with E-state index in [0.717, 1.165) is 27.6 Å². The molecule has 4 nitrogen and oxygen atoms in total. The molecule has 1 atom stereocenters. The molecule has 0 spiro atoms. The second kappa shape index (κ2) is 4.49. The molecule has 5 heteroatoms. The summed E-state index contributed by atoms with van der Waals surface area (Å²) in [6, 6.07) is 3.86. The van der Waals surface area contributed by atoms with Crippen molar-refractivity contribution >= 4 is 17.3 Å². The van der Waals surface area contributed by atoms with E-state index in [9.17, 15) is 4.79 Å². The van der Waals surface area contributed by atoms with Gasteiger partial charge in [-0.05, 0) is 31.4 Å². The van der Waals surface area contributed by atoms with E-state index in [1.54, 1.807) is 23.7 Å². The average molecular weight is 260 g/mol. The molecule has 2 heterocycles. The third-order valence-corrected chi connectivity index (χ3v) is 4.37. The summed E-state index contributed by atoms with van der Waals surface area (Å²) in [5.74, 6) is -0.948. The van der Waals surface area contributed by atoms with Crippen LogP contribution in [0.4, 0.5) is 0 Å². The molecule has 0 saturated carbocycles. The summed E-state index contributed by atoms with van der Waals surface area (Å²) in [7, 11) is 0. The summed E-state index contributed by atoms with van der Waals surface area (Å²) in [5.41, 5.74) is 2.07. The van der Waals surface area contributed by atoms with Crippen LogP contribution in [-0.2, 0) is 17.6 Å². The number of aryl methyl sites for hydroxylation is 1. The quantitative estimate of drug-likeness (QED) is 0.900. The zero-order valence-electron chi connectivity index (χ0n) is 9.67. The van der Waals surface area contributed by atoms with Gasteiger partial charge in [-0.3, -0.25) is 9.78 Å². The SMILES string of the molecule is O=C(O)C1CCc2nc(-c3cccnc3)sc2C1. The van der Waals surface area contributed by atoms with Gasteiger partial charge in [0, 0.05) is 22.8 Å². The van der Waals surface area contributed by atoms with Crippen molar-refractivity contribution in [2.24, 2.45) is 5.92 Å². The molecular weight excluding hydrogens is 248 g/mol. The highest BCUT2D eigenvalue weighted by atomic mass is 32.1. The largest absolute Gasteiger partial charge is 0.481 e. The van der Waals surface area contributed by atoms with Gasteiger partial charge >= 0.3 is 5.97 Å². The van der Waals surface area contributed by atoms with Crippen LogP contribution in [0.3, 0.4) is 0 Å². The Morgan fingerprint density at radius 3 is 3.11 bits per heavy atom. The number of thiazole rings is 1. The van der Waals surface area contributed by atoms with E-state index in [0.29, 0.717) is 12.8 Å². The number of hydrogen-bond donors (Lipinski definition) is 1. The van der Waals surface area contributed by atoms with Crippen LogP contribution in [0.2, 0.25) is 0 Å². The third-order valence-electron chi connectivity index (χ3n) is 3.20. The Balaban J connectivity index is 1.92. The molecule has 0 aromatic carbocycles. The number of fused-ring (bicyclic) bond motifs is 1. The van der Waals surface area contributed by atoms with Crippen molar-refractivity contribution in [1.29, 1.82) is 0 Å². The molecule has 18 heavy (non-hydrogen) atoms. The smallest absolute Gasteiger partial charge is 0.306 e. The van der Waals surface area contributed by atoms with Crippen molar-refractivity contribution in [2.75, 3.05) is 0 Å². The monoisotopic (exact) mass is 260 g/mol. The van der Waals surface area contributed by atoms with Crippen molar-refractivity contribution in [3.63, 3.8) is 0 Å². The normalized spacial score (nSPS) is 18.3. The predicted molar refractivity (Wildman–Crippen MR) is 68.5 cm³/mol. The maximum Gasteiger partial charge on any atom is 0.306 e. The number of carboxylic acids is 1. The molecule has 2 aromatic rings. The van der Waals surface area contributed by atoms with Crippen molar-refractivity contribution in [3.8, 4) is 10.6 Å². The van der Waals surface area contributed by atoms with Gasteiger partial charge in [0.1, 0.15) is 5.01 Å². The van der Waals surface area contributed by atoms with Crippen LogP contribution < -0.4 is 0 Å². The van der Waals surface area contributed by atoms with Crippen molar-refractivity contribution in [1.82, 2.24) is 9.97 Å². The first kappa shape index (κ1) is 11.3. The fourth-order valence-electron chi connectivity index (χ4n) is 2.20. The first-order chi connectivity index (χ1) is 8.74. The minimum Gasteiger partial charge on any atom is -0.481 e. The number of pyridine rings is 1. The summed E-state index contributed by atoms with van der Waals surface area (Å²) in [4.78, 5) is 20.8. The standard InChI is InChI=1S/C13H12N2O2S/c16-13(17)8-3-4-10-11(6-8)18-12(15-10)9-2-1-5-14-7-9/h1-2,5,7-8H,3-4,6H2,(H,16,17). The maximum atomic E-state index is 11.0. The van der Waals surface area contributed by atoms with Crippen LogP contribution in [0.5, 0.6) is 0 Å². The lowest BCUT2D eigenvalue weighted by Crippen LogP contribution is -2.21. The molecular formula is C13H12N2O2S. The molecule has 1 aliphatic rings. The summed E-state index contributed by atoms with van der Waals surface area (Å²) in [6.07, 6.45) is 5.60. The highest BCUT2D eigenvalue weighted by Crippen LogP contribution is 2.34. The number of nitrogens with zero attached hydrogens (tertiary/aromatic N) is 2. The van der Waals surface area contributed by atoms with Gasteiger partial charge in [0.2, 0.25) is 0 Å². The first-order valence-electron chi connectivity index (χ1n) is 5.86. The van der Waals surface area contributed by atoms with Crippen LogP contribution in [0.1, 0.15) is 17.0 Å². The van der Waals surface area contributed by atoms with Gasteiger partial charge in [0.25, 0.3) is 0 Å². The van der Waals surface area contributed by atoms with Gasteiger partial charge in [-0.2, -0.15) is 0 Å². The van der Waals surface area contributed by atoms with Crippen LogP contribution >= 0.6 is 11.3 Å². The number of carbonyl (C=O) groups is 1. The van der Waals surface area contributed by atoms with Gasteiger partial charge < -0.3 is 5.11 Å². The van der Waals surface area contributed by atoms with Gasteiger partial charge in [-0.15, -0.1) is 11.3 Å². The molecule has 3 rings (SSSR count). The summed E-state index contributed by atoms with van der Waals surface area (Å²) >= 11 is 1.60. The molecule has 0 amide bonds. The minimum absolute atomic E-state index is 0.250. The Kier molecular flexibility index (Phi) is 2.83. The van der Waals surface area contributed by atoms with E-state index < -0.39 is 5.97 Å². The molecule has 0 radical (unpaired) electrons. The van der Waals surface area contributed by atoms with Crippen LogP contribution in [0.25, 0.3) is 10.6 Å². The lowest BCUT2D eigenvalue weighted by molar-refractivity contribution is -0.142. The molecule has 0 aliphatic heterocycles. The average Bonchev–Trinajstić information content (AvgIpc) is 2.82. The predicted octanol–water partition coefficient (Wildman–Crippen LogP) is 2.39. The van der Waals surface area contributed by atoms with Crippen LogP contribution in [0.15, 0.2) is 24.5 Å². The number of rotatable bonds is 2. The maximum absolute atomic E-state index is 11.0. The molecule has 1 N–H and O–H groups in total. The van der Waals surface area contributed by atoms with Crippen LogP contribution in [-0.4, -0.2) is 21.0 Å². The Morgan fingerprint density at radius 2 is 2.39 bits per heavy atom. The van der Waals surface area contributed by atoms with E-state index in [1.165, 1.54) is 0 Å². The molecule has 1 unspecified atom stereocenters. The van der Waals surface area contributed by atoms with Gasteiger partial charge in [-0.25, -0.2) is 4.98 Å². The summed E-state index contributed by atoms with van der Waals surface area (Å²) in [5, 5.41) is 10.0. The van der Waals surface area contributed by atoms with E-state index in [1.807, 2.05) is 12.1 Å². The van der Waals surface area contributed by atoms with Crippen LogP contribution in [0, 0.1) is 5.92 Å². The second-order valence-corrected chi connectivity index (χ2v) is 5.49. The van der Waals surface area contributed by atoms with Crippen molar-refractivity contribution in [2.45, 2.75) is 19.3 Å².